The molecule has 0 aromatic rings. The van der Waals surface area contributed by atoms with Gasteiger partial charge >= 0.3 is 0 Å². The summed E-state index contributed by atoms with van der Waals surface area (Å²) in [5.41, 5.74) is 1.56. The summed E-state index contributed by atoms with van der Waals surface area (Å²) < 4.78 is 0. The lowest BCUT2D eigenvalue weighted by molar-refractivity contribution is -0.0935. The van der Waals surface area contributed by atoms with Crippen molar-refractivity contribution in [1.82, 2.24) is 0 Å². The van der Waals surface area contributed by atoms with Crippen LogP contribution in [0.1, 0.15) is 47.0 Å². The van der Waals surface area contributed by atoms with Crippen LogP contribution in [0.2, 0.25) is 0 Å². The fourth-order valence-corrected chi connectivity index (χ4v) is 4.36. The van der Waals surface area contributed by atoms with Gasteiger partial charge in [0.05, 0.1) is 0 Å². The zero-order valence-electron chi connectivity index (χ0n) is 9.43. The average molecular weight is 178 g/mol. The Bertz CT molecular complexity index is 247. The topological polar surface area (TPSA) is 0 Å². The molecule has 0 bridgehead atoms. The maximum absolute atomic E-state index is 2.50. The van der Waals surface area contributed by atoms with Crippen LogP contribution in [0.15, 0.2) is 0 Å². The number of hydrogen-bond acceptors (Lipinski definition) is 0. The Balaban J connectivity index is 1.78. The molecule has 0 aliphatic heterocycles. The number of rotatable bonds is 1. The maximum atomic E-state index is 2.50. The molecule has 3 saturated carbocycles. The molecule has 0 radical (unpaired) electrons. The molecular weight excluding hydrogens is 156 g/mol. The van der Waals surface area contributed by atoms with Gasteiger partial charge in [-0.1, -0.05) is 27.7 Å². The van der Waals surface area contributed by atoms with Crippen LogP contribution in [-0.4, -0.2) is 0 Å². The molecule has 3 fully saturated rings. The van der Waals surface area contributed by atoms with Crippen LogP contribution >= 0.6 is 0 Å². The third-order valence-electron chi connectivity index (χ3n) is 5.97. The highest BCUT2D eigenvalue weighted by Gasteiger charge is 2.70. The molecule has 0 amide bonds. The predicted octanol–water partition coefficient (Wildman–Crippen LogP) is 3.71. The lowest BCUT2D eigenvalue weighted by Crippen LogP contribution is -2.52. The second-order valence-corrected chi connectivity index (χ2v) is 6.67. The molecule has 74 valence electrons. The van der Waals surface area contributed by atoms with E-state index in [1.807, 2.05) is 0 Å². The van der Waals surface area contributed by atoms with Crippen molar-refractivity contribution >= 4 is 0 Å². The molecule has 0 heteroatoms. The predicted molar refractivity (Wildman–Crippen MR) is 55.4 cm³/mol. The van der Waals surface area contributed by atoms with Crippen molar-refractivity contribution in [1.29, 1.82) is 0 Å². The fourth-order valence-electron chi connectivity index (χ4n) is 4.36. The van der Waals surface area contributed by atoms with Gasteiger partial charge in [-0.3, -0.25) is 0 Å². The van der Waals surface area contributed by atoms with Gasteiger partial charge in [-0.25, -0.2) is 0 Å². The van der Waals surface area contributed by atoms with Gasteiger partial charge in [0.2, 0.25) is 0 Å². The van der Waals surface area contributed by atoms with E-state index >= 15 is 0 Å². The van der Waals surface area contributed by atoms with E-state index in [-0.39, 0.29) is 0 Å². The summed E-state index contributed by atoms with van der Waals surface area (Å²) in [5.74, 6) is 4.15. The van der Waals surface area contributed by atoms with E-state index in [0.29, 0.717) is 5.41 Å². The van der Waals surface area contributed by atoms with Crippen LogP contribution in [0, 0.1) is 34.5 Å². The Morgan fingerprint density at radius 2 is 1.69 bits per heavy atom. The van der Waals surface area contributed by atoms with E-state index in [2.05, 4.69) is 27.7 Å². The average Bonchev–Trinajstić information content (AvgIpc) is 2.94. The van der Waals surface area contributed by atoms with Gasteiger partial charge in [-0.2, -0.15) is 0 Å². The monoisotopic (exact) mass is 178 g/mol. The van der Waals surface area contributed by atoms with Gasteiger partial charge in [0.15, 0.2) is 0 Å². The summed E-state index contributed by atoms with van der Waals surface area (Å²) in [7, 11) is 0. The first-order valence-electron chi connectivity index (χ1n) is 5.99. The quantitative estimate of drug-likeness (QED) is 0.574. The highest BCUT2D eigenvalue weighted by molar-refractivity contribution is 5.19. The molecule has 1 spiro atoms. The van der Waals surface area contributed by atoms with Crippen molar-refractivity contribution in [3.05, 3.63) is 0 Å². The molecule has 0 N–H and O–H groups in total. The normalized spacial score (nSPS) is 54.5. The standard InChI is InChI=1S/C13H22/c1-8-9(2)12(3,4)11(8)10-7-13(10)5-6-13/h8-11H,5-7H2,1-4H3. The first kappa shape index (κ1) is 8.32. The molecule has 0 saturated heterocycles. The summed E-state index contributed by atoms with van der Waals surface area (Å²) in [6.07, 6.45) is 4.70. The van der Waals surface area contributed by atoms with E-state index in [0.717, 1.165) is 29.1 Å². The van der Waals surface area contributed by atoms with E-state index in [1.54, 1.807) is 19.3 Å². The van der Waals surface area contributed by atoms with Crippen LogP contribution < -0.4 is 0 Å². The van der Waals surface area contributed by atoms with Crippen molar-refractivity contribution in [2.45, 2.75) is 47.0 Å². The second kappa shape index (κ2) is 1.99. The molecule has 3 aliphatic carbocycles. The molecule has 4 unspecified atom stereocenters. The molecule has 0 nitrogen and oxygen atoms in total. The Kier molecular flexibility index (Phi) is 1.27. The highest BCUT2D eigenvalue weighted by Crippen LogP contribution is 2.78. The second-order valence-electron chi connectivity index (χ2n) is 6.67. The third kappa shape index (κ3) is 0.831. The summed E-state index contributed by atoms with van der Waals surface area (Å²) in [4.78, 5) is 0. The Labute approximate surface area is 82.1 Å². The van der Waals surface area contributed by atoms with Crippen molar-refractivity contribution < 1.29 is 0 Å². The summed E-state index contributed by atoms with van der Waals surface area (Å²) in [6.45, 7) is 9.92. The summed E-state index contributed by atoms with van der Waals surface area (Å²) >= 11 is 0. The lowest BCUT2D eigenvalue weighted by atomic mass is 9.48. The molecule has 3 rings (SSSR count). The van der Waals surface area contributed by atoms with Gasteiger partial charge in [-0.05, 0) is 53.8 Å². The summed E-state index contributed by atoms with van der Waals surface area (Å²) in [5, 5.41) is 0. The minimum atomic E-state index is 0.649. The van der Waals surface area contributed by atoms with Crippen LogP contribution in [0.5, 0.6) is 0 Å². The Morgan fingerprint density at radius 3 is 2.08 bits per heavy atom. The van der Waals surface area contributed by atoms with Gasteiger partial charge < -0.3 is 0 Å². The SMILES string of the molecule is CC1C(C)C(C)(C)C1C1CC12CC2. The highest BCUT2D eigenvalue weighted by atomic mass is 14.7. The molecule has 4 atom stereocenters. The van der Waals surface area contributed by atoms with Gasteiger partial charge in [0.1, 0.15) is 0 Å². The van der Waals surface area contributed by atoms with Crippen LogP contribution in [0.25, 0.3) is 0 Å². The van der Waals surface area contributed by atoms with Crippen molar-refractivity contribution in [3.63, 3.8) is 0 Å². The van der Waals surface area contributed by atoms with Gasteiger partial charge in [-0.15, -0.1) is 0 Å². The molecule has 13 heavy (non-hydrogen) atoms. The van der Waals surface area contributed by atoms with Crippen molar-refractivity contribution in [3.8, 4) is 0 Å². The molecular formula is C13H22. The molecule has 3 aliphatic rings. The fraction of sp³-hybridized carbons (Fsp3) is 1.00. The molecule has 0 aromatic heterocycles. The minimum Gasteiger partial charge on any atom is -0.0619 e. The first-order valence-corrected chi connectivity index (χ1v) is 5.99. The zero-order chi connectivity index (χ0) is 9.43. The number of hydrogen-bond donors (Lipinski definition) is 0. The zero-order valence-corrected chi connectivity index (χ0v) is 9.43. The largest absolute Gasteiger partial charge is 0.0619 e. The van der Waals surface area contributed by atoms with E-state index in [1.165, 1.54) is 0 Å². The Hall–Kier alpha value is 0. The van der Waals surface area contributed by atoms with Gasteiger partial charge in [0, 0.05) is 0 Å². The third-order valence-corrected chi connectivity index (χ3v) is 5.97. The molecule has 0 heterocycles. The lowest BCUT2D eigenvalue weighted by Gasteiger charge is -2.57. The van der Waals surface area contributed by atoms with Gasteiger partial charge in [0.25, 0.3) is 0 Å². The van der Waals surface area contributed by atoms with Crippen LogP contribution in [0.4, 0.5) is 0 Å². The summed E-state index contributed by atoms with van der Waals surface area (Å²) in [6, 6.07) is 0. The van der Waals surface area contributed by atoms with E-state index in [9.17, 15) is 0 Å². The minimum absolute atomic E-state index is 0.649. The van der Waals surface area contributed by atoms with Crippen LogP contribution in [0.3, 0.4) is 0 Å². The van der Waals surface area contributed by atoms with E-state index < -0.39 is 0 Å². The first-order chi connectivity index (χ1) is 5.99. The maximum Gasteiger partial charge on any atom is -0.0263 e. The smallest absolute Gasteiger partial charge is 0.0263 e. The van der Waals surface area contributed by atoms with E-state index in [4.69, 9.17) is 0 Å². The van der Waals surface area contributed by atoms with Crippen molar-refractivity contribution in [2.75, 3.05) is 0 Å². The molecule has 0 aromatic carbocycles. The van der Waals surface area contributed by atoms with Crippen LogP contribution in [-0.2, 0) is 0 Å². The van der Waals surface area contributed by atoms with Crippen molar-refractivity contribution in [2.24, 2.45) is 34.5 Å². The Morgan fingerprint density at radius 1 is 1.08 bits per heavy atom.